The minimum atomic E-state index is -0.409. The predicted molar refractivity (Wildman–Crippen MR) is 72.9 cm³/mol. The highest BCUT2D eigenvalue weighted by atomic mass is 35.5. The highest BCUT2D eigenvalue weighted by Crippen LogP contribution is 2.28. The average Bonchev–Trinajstić information content (AvgIpc) is 2.85. The van der Waals surface area contributed by atoms with Gasteiger partial charge in [-0.25, -0.2) is 9.37 Å². The lowest BCUT2D eigenvalue weighted by molar-refractivity contribution is 0.628. The van der Waals surface area contributed by atoms with E-state index in [1.165, 1.54) is 16.6 Å². The molecule has 2 heterocycles. The highest BCUT2D eigenvalue weighted by molar-refractivity contribution is 7.17. The zero-order valence-corrected chi connectivity index (χ0v) is 11.4. The van der Waals surface area contributed by atoms with Gasteiger partial charge in [0.15, 0.2) is 4.96 Å². The van der Waals surface area contributed by atoms with E-state index in [1.807, 2.05) is 10.6 Å². The van der Waals surface area contributed by atoms with Gasteiger partial charge in [0, 0.05) is 22.3 Å². The van der Waals surface area contributed by atoms with E-state index in [2.05, 4.69) is 18.8 Å². The first-order valence-electron chi connectivity index (χ1n) is 5.47. The zero-order chi connectivity index (χ0) is 12.9. The number of hydrogen-bond acceptors (Lipinski definition) is 2. The number of thiazole rings is 1. The summed E-state index contributed by atoms with van der Waals surface area (Å²) in [5.74, 6) is -0.409. The molecule has 0 atom stereocenters. The zero-order valence-electron chi connectivity index (χ0n) is 9.87. The predicted octanol–water partition coefficient (Wildman–Crippen LogP) is 4.47. The molecule has 0 spiro atoms. The molecule has 92 valence electrons. The Kier molecular flexibility index (Phi) is 2.64. The van der Waals surface area contributed by atoms with Crippen LogP contribution in [-0.4, -0.2) is 9.38 Å². The van der Waals surface area contributed by atoms with Crippen LogP contribution in [0.3, 0.4) is 0 Å². The Labute approximate surface area is 113 Å². The van der Waals surface area contributed by atoms with Gasteiger partial charge in [0.05, 0.1) is 10.7 Å². The van der Waals surface area contributed by atoms with Crippen LogP contribution in [0.2, 0.25) is 5.02 Å². The summed E-state index contributed by atoms with van der Waals surface area (Å²) < 4.78 is 15.2. The molecule has 5 heteroatoms. The SMILES string of the molecule is Cc1sc2nc(-c3ccc(F)c(Cl)c3)cn2c1C. The van der Waals surface area contributed by atoms with Crippen molar-refractivity contribution in [1.29, 1.82) is 0 Å². The van der Waals surface area contributed by atoms with Crippen molar-refractivity contribution in [3.05, 3.63) is 45.8 Å². The number of imidazole rings is 1. The van der Waals surface area contributed by atoms with Crippen LogP contribution in [-0.2, 0) is 0 Å². The number of aromatic nitrogens is 2. The molecule has 0 N–H and O–H groups in total. The van der Waals surface area contributed by atoms with Crippen molar-refractivity contribution in [3.8, 4) is 11.3 Å². The van der Waals surface area contributed by atoms with Crippen molar-refractivity contribution in [3.63, 3.8) is 0 Å². The van der Waals surface area contributed by atoms with E-state index >= 15 is 0 Å². The number of halogens is 2. The topological polar surface area (TPSA) is 17.3 Å². The minimum absolute atomic E-state index is 0.122. The number of benzene rings is 1. The molecule has 0 aliphatic rings. The van der Waals surface area contributed by atoms with Crippen molar-refractivity contribution in [1.82, 2.24) is 9.38 Å². The Balaban J connectivity index is 2.16. The summed E-state index contributed by atoms with van der Waals surface area (Å²) in [6, 6.07) is 4.66. The van der Waals surface area contributed by atoms with Gasteiger partial charge in [-0.2, -0.15) is 0 Å². The Morgan fingerprint density at radius 1 is 1.33 bits per heavy atom. The molecular weight excluding hydrogens is 271 g/mol. The van der Waals surface area contributed by atoms with Gasteiger partial charge in [0.25, 0.3) is 0 Å². The first-order valence-corrected chi connectivity index (χ1v) is 6.66. The fraction of sp³-hybridized carbons (Fsp3) is 0.154. The molecule has 0 aliphatic carbocycles. The van der Waals surface area contributed by atoms with E-state index < -0.39 is 5.82 Å². The first-order chi connectivity index (χ1) is 8.56. The van der Waals surface area contributed by atoms with E-state index in [0.717, 1.165) is 16.2 Å². The maximum atomic E-state index is 13.1. The molecule has 0 unspecified atom stereocenters. The lowest BCUT2D eigenvalue weighted by atomic mass is 10.2. The molecular formula is C13H10ClFN2S. The van der Waals surface area contributed by atoms with Gasteiger partial charge in [-0.3, -0.25) is 4.40 Å². The van der Waals surface area contributed by atoms with Crippen molar-refractivity contribution in [2.24, 2.45) is 0 Å². The van der Waals surface area contributed by atoms with Gasteiger partial charge < -0.3 is 0 Å². The van der Waals surface area contributed by atoms with Crippen LogP contribution >= 0.6 is 22.9 Å². The lowest BCUT2D eigenvalue weighted by Crippen LogP contribution is -1.83. The van der Waals surface area contributed by atoms with Crippen LogP contribution in [0.25, 0.3) is 16.2 Å². The number of aryl methyl sites for hydroxylation is 2. The van der Waals surface area contributed by atoms with Crippen LogP contribution in [0, 0.1) is 19.7 Å². The van der Waals surface area contributed by atoms with Crippen molar-refractivity contribution >= 4 is 27.9 Å². The van der Waals surface area contributed by atoms with E-state index in [-0.39, 0.29) is 5.02 Å². The molecule has 0 aliphatic heterocycles. The van der Waals surface area contributed by atoms with E-state index in [1.54, 1.807) is 23.5 Å². The summed E-state index contributed by atoms with van der Waals surface area (Å²) >= 11 is 7.43. The van der Waals surface area contributed by atoms with Gasteiger partial charge >= 0.3 is 0 Å². The van der Waals surface area contributed by atoms with Crippen LogP contribution < -0.4 is 0 Å². The summed E-state index contributed by atoms with van der Waals surface area (Å²) in [6.07, 6.45) is 1.96. The molecule has 0 saturated carbocycles. The smallest absolute Gasteiger partial charge is 0.194 e. The second-order valence-corrected chi connectivity index (χ2v) is 5.74. The van der Waals surface area contributed by atoms with Gasteiger partial charge in [0.1, 0.15) is 5.82 Å². The number of rotatable bonds is 1. The van der Waals surface area contributed by atoms with Gasteiger partial charge in [-0.15, -0.1) is 11.3 Å². The Morgan fingerprint density at radius 3 is 2.78 bits per heavy atom. The highest BCUT2D eigenvalue weighted by Gasteiger charge is 2.11. The number of nitrogens with zero attached hydrogens (tertiary/aromatic N) is 2. The van der Waals surface area contributed by atoms with E-state index in [9.17, 15) is 4.39 Å². The van der Waals surface area contributed by atoms with Gasteiger partial charge in [0.2, 0.25) is 0 Å². The van der Waals surface area contributed by atoms with Crippen molar-refractivity contribution in [2.45, 2.75) is 13.8 Å². The van der Waals surface area contributed by atoms with Gasteiger partial charge in [-0.05, 0) is 32.0 Å². The third kappa shape index (κ3) is 1.72. The largest absolute Gasteiger partial charge is 0.294 e. The molecule has 0 saturated heterocycles. The lowest BCUT2D eigenvalue weighted by Gasteiger charge is -1.98. The summed E-state index contributed by atoms with van der Waals surface area (Å²) in [4.78, 5) is 6.73. The fourth-order valence-corrected chi connectivity index (χ4v) is 2.98. The Morgan fingerprint density at radius 2 is 2.11 bits per heavy atom. The molecule has 18 heavy (non-hydrogen) atoms. The van der Waals surface area contributed by atoms with Crippen LogP contribution in [0.15, 0.2) is 24.4 Å². The molecule has 0 amide bonds. The summed E-state index contributed by atoms with van der Waals surface area (Å²) in [5.41, 5.74) is 2.82. The summed E-state index contributed by atoms with van der Waals surface area (Å²) in [7, 11) is 0. The molecule has 0 bridgehead atoms. The fourth-order valence-electron chi connectivity index (χ4n) is 1.85. The van der Waals surface area contributed by atoms with E-state index in [4.69, 9.17) is 11.6 Å². The van der Waals surface area contributed by atoms with Crippen LogP contribution in [0.4, 0.5) is 4.39 Å². The molecule has 0 radical (unpaired) electrons. The summed E-state index contributed by atoms with van der Waals surface area (Å²) in [6.45, 7) is 4.13. The minimum Gasteiger partial charge on any atom is -0.294 e. The summed E-state index contributed by atoms with van der Waals surface area (Å²) in [5, 5.41) is 0.122. The van der Waals surface area contributed by atoms with Crippen LogP contribution in [0.1, 0.15) is 10.6 Å². The van der Waals surface area contributed by atoms with Gasteiger partial charge in [-0.1, -0.05) is 11.6 Å². The normalized spacial score (nSPS) is 11.3. The third-order valence-electron chi connectivity index (χ3n) is 3.00. The maximum absolute atomic E-state index is 13.1. The van der Waals surface area contributed by atoms with Crippen molar-refractivity contribution in [2.75, 3.05) is 0 Å². The molecule has 0 fully saturated rings. The second-order valence-electron chi connectivity index (χ2n) is 4.15. The Bertz CT molecular complexity index is 745. The Hall–Kier alpha value is -1.39. The average molecular weight is 281 g/mol. The standard InChI is InChI=1S/C13H10ClFN2S/c1-7-8(2)18-13-16-12(6-17(7)13)9-3-4-11(15)10(14)5-9/h3-6H,1-2H3. The molecule has 2 aromatic heterocycles. The first kappa shape index (κ1) is 11.7. The van der Waals surface area contributed by atoms with Crippen molar-refractivity contribution < 1.29 is 4.39 Å². The quantitative estimate of drug-likeness (QED) is 0.643. The van der Waals surface area contributed by atoms with Crippen LogP contribution in [0.5, 0.6) is 0 Å². The molecule has 1 aromatic carbocycles. The number of fused-ring (bicyclic) bond motifs is 1. The second kappa shape index (κ2) is 4.07. The monoisotopic (exact) mass is 280 g/mol. The molecule has 3 rings (SSSR count). The van der Waals surface area contributed by atoms with E-state index in [0.29, 0.717) is 0 Å². The maximum Gasteiger partial charge on any atom is 0.194 e. The molecule has 3 aromatic rings. The number of hydrogen-bond donors (Lipinski definition) is 0. The third-order valence-corrected chi connectivity index (χ3v) is 4.37. The molecule has 2 nitrogen and oxygen atoms in total.